The summed E-state index contributed by atoms with van der Waals surface area (Å²) in [6.45, 7) is 4.44. The van der Waals surface area contributed by atoms with E-state index in [2.05, 4.69) is 15.3 Å². The maximum Gasteiger partial charge on any atom is 0.249 e. The Bertz CT molecular complexity index is 455. The number of nitrogens with one attached hydrogen (secondary N) is 2. The lowest BCUT2D eigenvalue weighted by molar-refractivity contribution is -0.135. The third kappa shape index (κ3) is 2.52. The Morgan fingerprint density at radius 2 is 2.44 bits per heavy atom. The van der Waals surface area contributed by atoms with E-state index in [0.29, 0.717) is 25.3 Å². The maximum atomic E-state index is 12.1. The van der Waals surface area contributed by atoms with Gasteiger partial charge in [-0.1, -0.05) is 6.92 Å². The van der Waals surface area contributed by atoms with Crippen LogP contribution in [0.2, 0.25) is 0 Å². The number of amides is 2. The first kappa shape index (κ1) is 12.6. The van der Waals surface area contributed by atoms with Gasteiger partial charge >= 0.3 is 0 Å². The molecule has 1 atom stereocenters. The summed E-state index contributed by atoms with van der Waals surface area (Å²) in [5.41, 5.74) is 0.885. The van der Waals surface area contributed by atoms with E-state index in [4.69, 9.17) is 0 Å². The molecule has 0 aliphatic carbocycles. The van der Waals surface area contributed by atoms with Crippen molar-refractivity contribution in [1.82, 2.24) is 14.9 Å². The summed E-state index contributed by atoms with van der Waals surface area (Å²) in [5.74, 6) is 0.317. The average Bonchev–Trinajstić information content (AvgIpc) is 2.90. The molecule has 0 saturated carbocycles. The lowest BCUT2D eigenvalue weighted by atomic mass is 10.2. The van der Waals surface area contributed by atoms with Crippen LogP contribution in [0.3, 0.4) is 0 Å². The highest BCUT2D eigenvalue weighted by Gasteiger charge is 2.31. The van der Waals surface area contributed by atoms with Gasteiger partial charge < -0.3 is 9.88 Å². The molecule has 98 valence electrons. The summed E-state index contributed by atoms with van der Waals surface area (Å²) < 4.78 is 0. The maximum absolute atomic E-state index is 12.1. The SMILES string of the molecule is CCC(C(=O)Nc1ncc(C)[nH]1)N1CCCC1=O. The number of hydrogen-bond donors (Lipinski definition) is 2. The van der Waals surface area contributed by atoms with E-state index in [1.165, 1.54) is 0 Å². The number of anilines is 1. The molecule has 0 spiro atoms. The van der Waals surface area contributed by atoms with Gasteiger partial charge in [-0.2, -0.15) is 0 Å². The van der Waals surface area contributed by atoms with Crippen molar-refractivity contribution in [3.63, 3.8) is 0 Å². The molecule has 6 nitrogen and oxygen atoms in total. The van der Waals surface area contributed by atoms with Gasteiger partial charge in [0.2, 0.25) is 17.8 Å². The van der Waals surface area contributed by atoms with E-state index in [0.717, 1.165) is 12.1 Å². The second-order valence-electron chi connectivity index (χ2n) is 4.52. The molecular weight excluding hydrogens is 232 g/mol. The van der Waals surface area contributed by atoms with Gasteiger partial charge in [-0.25, -0.2) is 4.98 Å². The first-order valence-corrected chi connectivity index (χ1v) is 6.23. The van der Waals surface area contributed by atoms with E-state index in [-0.39, 0.29) is 11.8 Å². The van der Waals surface area contributed by atoms with Gasteiger partial charge in [0, 0.05) is 24.9 Å². The van der Waals surface area contributed by atoms with Crippen LogP contribution in [0.15, 0.2) is 6.20 Å². The quantitative estimate of drug-likeness (QED) is 0.838. The number of hydrogen-bond acceptors (Lipinski definition) is 3. The van der Waals surface area contributed by atoms with Gasteiger partial charge in [0.1, 0.15) is 6.04 Å². The third-order valence-corrected chi connectivity index (χ3v) is 3.12. The van der Waals surface area contributed by atoms with Crippen LogP contribution in [0, 0.1) is 6.92 Å². The molecule has 0 aromatic carbocycles. The van der Waals surface area contributed by atoms with Crippen LogP contribution in [0.4, 0.5) is 5.95 Å². The zero-order valence-electron chi connectivity index (χ0n) is 10.7. The largest absolute Gasteiger partial charge is 0.331 e. The Hall–Kier alpha value is -1.85. The van der Waals surface area contributed by atoms with Crippen LogP contribution in [0.1, 0.15) is 31.9 Å². The van der Waals surface area contributed by atoms with E-state index in [1.54, 1.807) is 11.1 Å². The highest BCUT2D eigenvalue weighted by atomic mass is 16.2. The molecule has 6 heteroatoms. The molecule has 18 heavy (non-hydrogen) atoms. The Kier molecular flexibility index (Phi) is 3.64. The van der Waals surface area contributed by atoms with Gasteiger partial charge in [-0.15, -0.1) is 0 Å². The number of carbonyl (C=O) groups excluding carboxylic acids is 2. The monoisotopic (exact) mass is 250 g/mol. The van der Waals surface area contributed by atoms with E-state index in [9.17, 15) is 9.59 Å². The van der Waals surface area contributed by atoms with Gasteiger partial charge in [0.25, 0.3) is 0 Å². The Balaban J connectivity index is 2.03. The third-order valence-electron chi connectivity index (χ3n) is 3.12. The number of aromatic nitrogens is 2. The van der Waals surface area contributed by atoms with Crippen LogP contribution in [0.5, 0.6) is 0 Å². The van der Waals surface area contributed by atoms with Crippen LogP contribution in [-0.4, -0.2) is 39.3 Å². The summed E-state index contributed by atoms with van der Waals surface area (Å²) in [6, 6.07) is -0.398. The van der Waals surface area contributed by atoms with Crippen LogP contribution in [-0.2, 0) is 9.59 Å². The van der Waals surface area contributed by atoms with Crippen LogP contribution < -0.4 is 5.32 Å². The van der Waals surface area contributed by atoms with Crippen LogP contribution in [0.25, 0.3) is 0 Å². The fourth-order valence-electron chi connectivity index (χ4n) is 2.22. The smallest absolute Gasteiger partial charge is 0.249 e. The number of H-pyrrole nitrogens is 1. The van der Waals surface area contributed by atoms with Gasteiger partial charge in [-0.3, -0.25) is 14.9 Å². The summed E-state index contributed by atoms with van der Waals surface area (Å²) in [6.07, 6.45) is 3.64. The molecule has 2 N–H and O–H groups in total. The number of nitrogens with zero attached hydrogens (tertiary/aromatic N) is 2. The summed E-state index contributed by atoms with van der Waals surface area (Å²) in [4.78, 5) is 32.4. The molecule has 1 aliphatic heterocycles. The fraction of sp³-hybridized carbons (Fsp3) is 0.583. The lowest BCUT2D eigenvalue weighted by Gasteiger charge is -2.25. The molecule has 1 aromatic rings. The summed E-state index contributed by atoms with van der Waals surface area (Å²) in [5, 5.41) is 2.71. The van der Waals surface area contributed by atoms with Crippen molar-refractivity contribution in [3.8, 4) is 0 Å². The molecule has 2 amide bonds. The molecule has 1 fully saturated rings. The van der Waals surface area contributed by atoms with Crippen molar-refractivity contribution in [1.29, 1.82) is 0 Å². The minimum atomic E-state index is -0.398. The normalized spacial score (nSPS) is 17.0. The van der Waals surface area contributed by atoms with Crippen molar-refractivity contribution in [2.45, 2.75) is 39.2 Å². The zero-order valence-corrected chi connectivity index (χ0v) is 10.7. The number of carbonyl (C=O) groups is 2. The number of likely N-dealkylation sites (tertiary alicyclic amines) is 1. The number of aryl methyl sites for hydroxylation is 1. The van der Waals surface area contributed by atoms with Crippen molar-refractivity contribution in [2.75, 3.05) is 11.9 Å². The number of aromatic amines is 1. The summed E-state index contributed by atoms with van der Waals surface area (Å²) in [7, 11) is 0. The zero-order chi connectivity index (χ0) is 13.1. The van der Waals surface area contributed by atoms with Crippen molar-refractivity contribution >= 4 is 17.8 Å². The van der Waals surface area contributed by atoms with Crippen LogP contribution >= 0.6 is 0 Å². The molecule has 1 unspecified atom stereocenters. The van der Waals surface area contributed by atoms with E-state index < -0.39 is 6.04 Å². The number of rotatable bonds is 4. The molecule has 1 saturated heterocycles. The first-order chi connectivity index (χ1) is 8.61. The Morgan fingerprint density at radius 3 is 2.94 bits per heavy atom. The van der Waals surface area contributed by atoms with Crippen molar-refractivity contribution in [2.24, 2.45) is 0 Å². The second-order valence-corrected chi connectivity index (χ2v) is 4.52. The molecular formula is C12H18N4O2. The van der Waals surface area contributed by atoms with Crippen molar-refractivity contribution < 1.29 is 9.59 Å². The standard InChI is InChI=1S/C12H18N4O2/c1-3-9(16-6-4-5-10(16)17)11(18)15-12-13-7-8(2)14-12/h7,9H,3-6H2,1-2H3,(H2,13,14,15,18). The predicted octanol–water partition coefficient (Wildman–Crippen LogP) is 1.06. The Labute approximate surface area is 106 Å². The topological polar surface area (TPSA) is 78.1 Å². The average molecular weight is 250 g/mol. The Morgan fingerprint density at radius 1 is 1.67 bits per heavy atom. The minimum Gasteiger partial charge on any atom is -0.331 e. The second kappa shape index (κ2) is 5.20. The van der Waals surface area contributed by atoms with Gasteiger partial charge in [0.05, 0.1) is 0 Å². The highest BCUT2D eigenvalue weighted by molar-refractivity contribution is 5.96. The molecule has 2 rings (SSSR count). The van der Waals surface area contributed by atoms with Crippen molar-refractivity contribution in [3.05, 3.63) is 11.9 Å². The fourth-order valence-corrected chi connectivity index (χ4v) is 2.22. The molecule has 1 aromatic heterocycles. The summed E-state index contributed by atoms with van der Waals surface area (Å²) >= 11 is 0. The number of imidazole rings is 1. The highest BCUT2D eigenvalue weighted by Crippen LogP contribution is 2.17. The molecule has 0 radical (unpaired) electrons. The molecule has 1 aliphatic rings. The van der Waals surface area contributed by atoms with Gasteiger partial charge in [0.15, 0.2) is 0 Å². The molecule has 0 bridgehead atoms. The first-order valence-electron chi connectivity index (χ1n) is 6.23. The predicted molar refractivity (Wildman–Crippen MR) is 67.0 cm³/mol. The molecule has 2 heterocycles. The van der Waals surface area contributed by atoms with Gasteiger partial charge in [-0.05, 0) is 19.8 Å². The van der Waals surface area contributed by atoms with E-state index >= 15 is 0 Å². The van der Waals surface area contributed by atoms with E-state index in [1.807, 2.05) is 13.8 Å². The lowest BCUT2D eigenvalue weighted by Crippen LogP contribution is -2.44. The minimum absolute atomic E-state index is 0.0626.